The van der Waals surface area contributed by atoms with Gasteiger partial charge in [0.15, 0.2) is 11.5 Å². The van der Waals surface area contributed by atoms with Crippen LogP contribution in [0.1, 0.15) is 24.3 Å². The summed E-state index contributed by atoms with van der Waals surface area (Å²) in [5.41, 5.74) is 1.76. The number of hydrogen-bond acceptors (Lipinski definition) is 8. The maximum absolute atomic E-state index is 12.7. The molecule has 34 heavy (non-hydrogen) atoms. The van der Waals surface area contributed by atoms with E-state index in [4.69, 9.17) is 18.7 Å². The zero-order valence-corrected chi connectivity index (χ0v) is 19.7. The Morgan fingerprint density at radius 1 is 1.03 bits per heavy atom. The summed E-state index contributed by atoms with van der Waals surface area (Å²) in [6, 6.07) is 13.2. The SMILES string of the molecule is COc1ccccc1CNC(=O)C1CCN(Cc2nc(-c3ccc(OC)c(OC)c3)no2)CC1. The molecular weight excluding hydrogens is 436 g/mol. The summed E-state index contributed by atoms with van der Waals surface area (Å²) in [6.45, 7) is 2.60. The molecule has 1 aromatic heterocycles. The summed E-state index contributed by atoms with van der Waals surface area (Å²) in [5, 5.41) is 7.16. The minimum atomic E-state index is -0.00373. The highest BCUT2D eigenvalue weighted by Crippen LogP contribution is 2.31. The van der Waals surface area contributed by atoms with E-state index in [9.17, 15) is 4.79 Å². The average Bonchev–Trinajstić information content (AvgIpc) is 3.35. The lowest BCUT2D eigenvalue weighted by atomic mass is 9.96. The highest BCUT2D eigenvalue weighted by molar-refractivity contribution is 5.78. The van der Waals surface area contributed by atoms with E-state index in [0.717, 1.165) is 42.8 Å². The largest absolute Gasteiger partial charge is 0.496 e. The van der Waals surface area contributed by atoms with Gasteiger partial charge in [0.1, 0.15) is 5.75 Å². The van der Waals surface area contributed by atoms with Crippen LogP contribution in [0.15, 0.2) is 47.0 Å². The number of ether oxygens (including phenoxy) is 3. The van der Waals surface area contributed by atoms with Crippen molar-refractivity contribution in [2.45, 2.75) is 25.9 Å². The Kier molecular flexibility index (Phi) is 7.64. The molecule has 1 N–H and O–H groups in total. The normalized spacial score (nSPS) is 14.6. The zero-order valence-electron chi connectivity index (χ0n) is 19.7. The van der Waals surface area contributed by atoms with Gasteiger partial charge in [-0.25, -0.2) is 0 Å². The molecule has 0 bridgehead atoms. The van der Waals surface area contributed by atoms with Gasteiger partial charge in [-0.15, -0.1) is 0 Å². The number of piperidine rings is 1. The van der Waals surface area contributed by atoms with Crippen molar-refractivity contribution < 1.29 is 23.5 Å². The lowest BCUT2D eigenvalue weighted by molar-refractivity contribution is -0.126. The monoisotopic (exact) mass is 466 g/mol. The zero-order chi connectivity index (χ0) is 23.9. The quantitative estimate of drug-likeness (QED) is 0.513. The van der Waals surface area contributed by atoms with E-state index < -0.39 is 0 Å². The maximum Gasteiger partial charge on any atom is 0.241 e. The Balaban J connectivity index is 1.27. The van der Waals surface area contributed by atoms with Gasteiger partial charge in [0.2, 0.25) is 17.6 Å². The van der Waals surface area contributed by atoms with Crippen LogP contribution in [0.25, 0.3) is 11.4 Å². The Hall–Kier alpha value is -3.59. The number of carbonyl (C=O) groups excluding carboxylic acids is 1. The first-order valence-electron chi connectivity index (χ1n) is 11.3. The second-order valence-electron chi connectivity index (χ2n) is 8.16. The van der Waals surface area contributed by atoms with Gasteiger partial charge >= 0.3 is 0 Å². The summed E-state index contributed by atoms with van der Waals surface area (Å²) >= 11 is 0. The highest BCUT2D eigenvalue weighted by atomic mass is 16.5. The van der Waals surface area contributed by atoms with Gasteiger partial charge < -0.3 is 24.1 Å². The van der Waals surface area contributed by atoms with Crippen molar-refractivity contribution in [1.29, 1.82) is 0 Å². The van der Waals surface area contributed by atoms with Crippen LogP contribution in [-0.2, 0) is 17.9 Å². The molecule has 9 heteroatoms. The fourth-order valence-electron chi connectivity index (χ4n) is 4.13. The molecule has 1 aliphatic rings. The number of hydrogen-bond donors (Lipinski definition) is 1. The average molecular weight is 467 g/mol. The van der Waals surface area contributed by atoms with Crippen molar-refractivity contribution in [1.82, 2.24) is 20.4 Å². The van der Waals surface area contributed by atoms with Crippen molar-refractivity contribution in [3.63, 3.8) is 0 Å². The van der Waals surface area contributed by atoms with E-state index >= 15 is 0 Å². The van der Waals surface area contributed by atoms with Crippen molar-refractivity contribution in [3.05, 3.63) is 53.9 Å². The summed E-state index contributed by atoms with van der Waals surface area (Å²) in [6.07, 6.45) is 1.57. The number of rotatable bonds is 9. The molecular formula is C25H30N4O5. The molecule has 4 rings (SSSR count). The molecule has 1 aliphatic heterocycles. The van der Waals surface area contributed by atoms with Crippen LogP contribution >= 0.6 is 0 Å². The second kappa shape index (κ2) is 11.0. The Morgan fingerprint density at radius 2 is 1.76 bits per heavy atom. The van der Waals surface area contributed by atoms with Crippen LogP contribution in [0.5, 0.6) is 17.2 Å². The van der Waals surface area contributed by atoms with Gasteiger partial charge in [0.25, 0.3) is 0 Å². The smallest absolute Gasteiger partial charge is 0.241 e. The predicted octanol–water partition coefficient (Wildman–Crippen LogP) is 3.29. The summed E-state index contributed by atoms with van der Waals surface area (Å²) < 4.78 is 21.5. The van der Waals surface area contributed by atoms with Crippen molar-refractivity contribution in [3.8, 4) is 28.6 Å². The first-order chi connectivity index (χ1) is 16.6. The van der Waals surface area contributed by atoms with Crippen molar-refractivity contribution >= 4 is 5.91 Å². The van der Waals surface area contributed by atoms with Gasteiger partial charge in [-0.3, -0.25) is 9.69 Å². The molecule has 9 nitrogen and oxygen atoms in total. The van der Waals surface area contributed by atoms with Gasteiger partial charge in [0.05, 0.1) is 27.9 Å². The van der Waals surface area contributed by atoms with E-state index in [1.165, 1.54) is 0 Å². The molecule has 1 saturated heterocycles. The van der Waals surface area contributed by atoms with E-state index in [0.29, 0.717) is 36.3 Å². The third kappa shape index (κ3) is 5.48. The fourth-order valence-corrected chi connectivity index (χ4v) is 4.13. The van der Waals surface area contributed by atoms with Gasteiger partial charge in [-0.05, 0) is 50.2 Å². The van der Waals surface area contributed by atoms with Gasteiger partial charge in [-0.1, -0.05) is 23.4 Å². The number of methoxy groups -OCH3 is 3. The molecule has 0 spiro atoms. The molecule has 0 radical (unpaired) electrons. The van der Waals surface area contributed by atoms with E-state index in [2.05, 4.69) is 20.4 Å². The molecule has 1 fully saturated rings. The lowest BCUT2D eigenvalue weighted by Gasteiger charge is -2.30. The van der Waals surface area contributed by atoms with Gasteiger partial charge in [0, 0.05) is 23.6 Å². The molecule has 1 amide bonds. The molecule has 0 unspecified atom stereocenters. The minimum Gasteiger partial charge on any atom is -0.496 e. The number of likely N-dealkylation sites (tertiary alicyclic amines) is 1. The van der Waals surface area contributed by atoms with E-state index in [-0.39, 0.29) is 11.8 Å². The number of carbonyl (C=O) groups is 1. The Morgan fingerprint density at radius 3 is 2.50 bits per heavy atom. The van der Waals surface area contributed by atoms with Crippen molar-refractivity contribution in [2.24, 2.45) is 5.92 Å². The molecule has 0 saturated carbocycles. The third-order valence-electron chi connectivity index (χ3n) is 6.07. The third-order valence-corrected chi connectivity index (χ3v) is 6.07. The topological polar surface area (TPSA) is 99.0 Å². The molecule has 0 aliphatic carbocycles. The summed E-state index contributed by atoms with van der Waals surface area (Å²) in [5.74, 6) is 3.16. The van der Waals surface area contributed by atoms with Crippen molar-refractivity contribution in [2.75, 3.05) is 34.4 Å². The number of para-hydroxylation sites is 1. The molecule has 0 atom stereocenters. The lowest BCUT2D eigenvalue weighted by Crippen LogP contribution is -2.40. The Labute approximate surface area is 199 Å². The first kappa shape index (κ1) is 23.6. The van der Waals surface area contributed by atoms with E-state index in [1.807, 2.05) is 42.5 Å². The number of benzene rings is 2. The Bertz CT molecular complexity index is 1110. The fraction of sp³-hybridized carbons (Fsp3) is 0.400. The maximum atomic E-state index is 12.7. The highest BCUT2D eigenvalue weighted by Gasteiger charge is 2.26. The summed E-state index contributed by atoms with van der Waals surface area (Å²) in [4.78, 5) is 19.4. The van der Waals surface area contributed by atoms with Crippen LogP contribution in [0.4, 0.5) is 0 Å². The number of aromatic nitrogens is 2. The van der Waals surface area contributed by atoms with Crippen LogP contribution < -0.4 is 19.5 Å². The second-order valence-corrected chi connectivity index (χ2v) is 8.16. The number of nitrogens with zero attached hydrogens (tertiary/aromatic N) is 3. The molecule has 2 aromatic carbocycles. The van der Waals surface area contributed by atoms with E-state index in [1.54, 1.807) is 21.3 Å². The summed E-state index contributed by atoms with van der Waals surface area (Å²) in [7, 11) is 4.82. The number of nitrogens with one attached hydrogen (secondary N) is 1. The molecule has 2 heterocycles. The number of amides is 1. The van der Waals surface area contributed by atoms with Crippen LogP contribution in [0, 0.1) is 5.92 Å². The van der Waals surface area contributed by atoms with Gasteiger partial charge in [-0.2, -0.15) is 4.98 Å². The molecule has 180 valence electrons. The standard InChI is InChI=1S/C25H30N4O5/c1-31-20-7-5-4-6-19(20)15-26-25(30)17-10-12-29(13-11-17)16-23-27-24(28-34-23)18-8-9-21(32-2)22(14-18)33-3/h4-9,14,17H,10-13,15-16H2,1-3H3,(H,26,30). The van der Waals surface area contributed by atoms with Crippen LogP contribution in [0.2, 0.25) is 0 Å². The van der Waals surface area contributed by atoms with Crippen LogP contribution in [0.3, 0.4) is 0 Å². The minimum absolute atomic E-state index is 0.00373. The first-order valence-corrected chi connectivity index (χ1v) is 11.3. The molecule has 3 aromatic rings. The van der Waals surface area contributed by atoms with Crippen LogP contribution in [-0.4, -0.2) is 55.4 Å². The predicted molar refractivity (Wildman–Crippen MR) is 126 cm³/mol.